The van der Waals surface area contributed by atoms with E-state index in [1.54, 1.807) is 6.20 Å². The van der Waals surface area contributed by atoms with Gasteiger partial charge >= 0.3 is 0 Å². The zero-order chi connectivity index (χ0) is 7.52. The fourth-order valence-electron chi connectivity index (χ4n) is 1.61. The van der Waals surface area contributed by atoms with Crippen LogP contribution >= 0.6 is 0 Å². The standard InChI is InChI=1S/C9H12N2/c1-2-4-8-6-7-10-11-9(8)5-3-1/h6-7H,1-5H2. The Morgan fingerprint density at radius 3 is 3.00 bits per heavy atom. The summed E-state index contributed by atoms with van der Waals surface area (Å²) in [5.74, 6) is 0. The van der Waals surface area contributed by atoms with Crippen molar-refractivity contribution in [3.8, 4) is 0 Å². The minimum absolute atomic E-state index is 1.13. The van der Waals surface area contributed by atoms with Gasteiger partial charge in [0.25, 0.3) is 0 Å². The third-order valence-corrected chi connectivity index (χ3v) is 2.25. The van der Waals surface area contributed by atoms with Gasteiger partial charge in [0, 0.05) is 6.20 Å². The zero-order valence-electron chi connectivity index (χ0n) is 6.58. The van der Waals surface area contributed by atoms with Crippen molar-refractivity contribution in [1.82, 2.24) is 10.2 Å². The van der Waals surface area contributed by atoms with E-state index in [0.29, 0.717) is 0 Å². The Hall–Kier alpha value is -0.920. The molecule has 1 aromatic rings. The van der Waals surface area contributed by atoms with Crippen molar-refractivity contribution < 1.29 is 0 Å². The predicted octanol–water partition coefficient (Wildman–Crippen LogP) is 1.75. The molecule has 0 aromatic carbocycles. The van der Waals surface area contributed by atoms with Crippen molar-refractivity contribution in [3.05, 3.63) is 23.5 Å². The monoisotopic (exact) mass is 148 g/mol. The van der Waals surface area contributed by atoms with Gasteiger partial charge in [0.2, 0.25) is 0 Å². The van der Waals surface area contributed by atoms with Crippen LogP contribution in [0.2, 0.25) is 0 Å². The Morgan fingerprint density at radius 1 is 1.09 bits per heavy atom. The maximum Gasteiger partial charge on any atom is 0.0663 e. The molecule has 11 heavy (non-hydrogen) atoms. The second-order valence-corrected chi connectivity index (χ2v) is 3.06. The van der Waals surface area contributed by atoms with Crippen molar-refractivity contribution >= 4 is 0 Å². The fourth-order valence-corrected chi connectivity index (χ4v) is 1.61. The molecule has 1 aliphatic carbocycles. The van der Waals surface area contributed by atoms with Crippen LogP contribution < -0.4 is 0 Å². The molecule has 1 heterocycles. The first-order chi connectivity index (χ1) is 5.47. The molecule has 0 aliphatic heterocycles. The molecule has 0 unspecified atom stereocenters. The van der Waals surface area contributed by atoms with Crippen LogP contribution in [0.4, 0.5) is 0 Å². The van der Waals surface area contributed by atoms with Crippen LogP contribution in [0.15, 0.2) is 12.3 Å². The van der Waals surface area contributed by atoms with E-state index in [9.17, 15) is 0 Å². The molecule has 58 valence electrons. The first-order valence-corrected chi connectivity index (χ1v) is 4.26. The van der Waals surface area contributed by atoms with Crippen molar-refractivity contribution in [2.24, 2.45) is 0 Å². The van der Waals surface area contributed by atoms with E-state index in [2.05, 4.69) is 16.3 Å². The average Bonchev–Trinajstić information content (AvgIpc) is 2.28. The SMILES string of the molecule is c1cc2c(nn1)CCCCC2. The summed E-state index contributed by atoms with van der Waals surface area (Å²) in [5.41, 5.74) is 2.64. The average molecular weight is 148 g/mol. The molecule has 0 N–H and O–H groups in total. The van der Waals surface area contributed by atoms with Gasteiger partial charge in [0.05, 0.1) is 5.69 Å². The van der Waals surface area contributed by atoms with Crippen LogP contribution in [0, 0.1) is 0 Å². The fraction of sp³-hybridized carbons (Fsp3) is 0.556. The highest BCUT2D eigenvalue weighted by molar-refractivity contribution is 5.18. The first-order valence-electron chi connectivity index (χ1n) is 4.26. The Balaban J connectivity index is 2.33. The Bertz CT molecular complexity index is 220. The van der Waals surface area contributed by atoms with E-state index in [4.69, 9.17) is 0 Å². The molecule has 1 aliphatic rings. The van der Waals surface area contributed by atoms with Gasteiger partial charge in [-0.2, -0.15) is 10.2 Å². The lowest BCUT2D eigenvalue weighted by Crippen LogP contribution is -1.95. The van der Waals surface area contributed by atoms with Gasteiger partial charge in [-0.25, -0.2) is 0 Å². The lowest BCUT2D eigenvalue weighted by Gasteiger charge is -1.99. The summed E-state index contributed by atoms with van der Waals surface area (Å²) in [4.78, 5) is 0. The summed E-state index contributed by atoms with van der Waals surface area (Å²) in [6.45, 7) is 0. The minimum atomic E-state index is 1.13. The van der Waals surface area contributed by atoms with Crippen molar-refractivity contribution in [2.75, 3.05) is 0 Å². The van der Waals surface area contributed by atoms with Crippen molar-refractivity contribution in [3.63, 3.8) is 0 Å². The number of nitrogens with zero attached hydrogens (tertiary/aromatic N) is 2. The zero-order valence-corrected chi connectivity index (χ0v) is 6.58. The van der Waals surface area contributed by atoms with Gasteiger partial charge in [0.15, 0.2) is 0 Å². The van der Waals surface area contributed by atoms with Gasteiger partial charge < -0.3 is 0 Å². The maximum absolute atomic E-state index is 4.13. The molecule has 0 saturated heterocycles. The second kappa shape index (κ2) is 2.99. The normalized spacial score (nSPS) is 17.1. The highest BCUT2D eigenvalue weighted by Crippen LogP contribution is 2.16. The number of fused-ring (bicyclic) bond motifs is 1. The number of aryl methyl sites for hydroxylation is 2. The van der Waals surface area contributed by atoms with Crippen LogP contribution in [0.5, 0.6) is 0 Å². The van der Waals surface area contributed by atoms with E-state index in [1.807, 2.05) is 0 Å². The molecule has 0 spiro atoms. The quantitative estimate of drug-likeness (QED) is 0.524. The Labute approximate surface area is 66.7 Å². The summed E-state index contributed by atoms with van der Waals surface area (Å²) in [5, 5.41) is 8.02. The highest BCUT2D eigenvalue weighted by atomic mass is 15.1. The Morgan fingerprint density at radius 2 is 2.00 bits per heavy atom. The minimum Gasteiger partial charge on any atom is -0.159 e. The van der Waals surface area contributed by atoms with Crippen molar-refractivity contribution in [1.29, 1.82) is 0 Å². The summed E-state index contributed by atoms with van der Waals surface area (Å²) < 4.78 is 0. The van der Waals surface area contributed by atoms with Crippen LogP contribution in [0.25, 0.3) is 0 Å². The number of aromatic nitrogens is 2. The van der Waals surface area contributed by atoms with Crippen LogP contribution in [0.1, 0.15) is 30.5 Å². The van der Waals surface area contributed by atoms with E-state index >= 15 is 0 Å². The molecule has 2 heteroatoms. The largest absolute Gasteiger partial charge is 0.159 e. The highest BCUT2D eigenvalue weighted by Gasteiger charge is 2.07. The molecule has 0 atom stereocenters. The second-order valence-electron chi connectivity index (χ2n) is 3.06. The van der Waals surface area contributed by atoms with Crippen molar-refractivity contribution in [2.45, 2.75) is 32.1 Å². The van der Waals surface area contributed by atoms with Gasteiger partial charge in [-0.05, 0) is 37.3 Å². The molecule has 0 amide bonds. The first kappa shape index (κ1) is 6.77. The third-order valence-electron chi connectivity index (χ3n) is 2.25. The topological polar surface area (TPSA) is 25.8 Å². The number of rotatable bonds is 0. The number of hydrogen-bond acceptors (Lipinski definition) is 2. The molecular formula is C9H12N2. The van der Waals surface area contributed by atoms with Crippen LogP contribution in [-0.2, 0) is 12.8 Å². The summed E-state index contributed by atoms with van der Waals surface area (Å²) in [6, 6.07) is 2.10. The van der Waals surface area contributed by atoms with Crippen LogP contribution in [-0.4, -0.2) is 10.2 Å². The van der Waals surface area contributed by atoms with E-state index in [-0.39, 0.29) is 0 Å². The van der Waals surface area contributed by atoms with E-state index in [1.165, 1.54) is 36.9 Å². The molecule has 2 rings (SSSR count). The molecular weight excluding hydrogens is 136 g/mol. The molecule has 0 radical (unpaired) electrons. The molecule has 2 nitrogen and oxygen atoms in total. The van der Waals surface area contributed by atoms with E-state index in [0.717, 1.165) is 6.42 Å². The summed E-state index contributed by atoms with van der Waals surface area (Å²) in [6.07, 6.45) is 8.07. The lowest BCUT2D eigenvalue weighted by molar-refractivity contribution is 0.706. The number of hydrogen-bond donors (Lipinski definition) is 0. The van der Waals surface area contributed by atoms with Gasteiger partial charge in [0.1, 0.15) is 0 Å². The van der Waals surface area contributed by atoms with E-state index < -0.39 is 0 Å². The third kappa shape index (κ3) is 1.39. The van der Waals surface area contributed by atoms with Gasteiger partial charge in [-0.1, -0.05) is 6.42 Å². The smallest absolute Gasteiger partial charge is 0.0663 e. The maximum atomic E-state index is 4.13. The predicted molar refractivity (Wildman–Crippen MR) is 43.3 cm³/mol. The lowest BCUT2D eigenvalue weighted by atomic mass is 10.1. The van der Waals surface area contributed by atoms with Gasteiger partial charge in [-0.15, -0.1) is 0 Å². The molecule has 0 bridgehead atoms. The Kier molecular flexibility index (Phi) is 1.84. The molecule has 1 aromatic heterocycles. The van der Waals surface area contributed by atoms with Crippen LogP contribution in [0.3, 0.4) is 0 Å². The molecule has 0 fully saturated rings. The molecule has 0 saturated carbocycles. The summed E-state index contributed by atoms with van der Waals surface area (Å²) >= 11 is 0. The summed E-state index contributed by atoms with van der Waals surface area (Å²) in [7, 11) is 0. The van der Waals surface area contributed by atoms with Gasteiger partial charge in [-0.3, -0.25) is 0 Å².